The van der Waals surface area contributed by atoms with E-state index in [0.717, 1.165) is 26.1 Å². The molecule has 1 aromatic rings. The van der Waals surface area contributed by atoms with Crippen LogP contribution in [0.1, 0.15) is 23.7 Å². The maximum absolute atomic E-state index is 12.2. The van der Waals surface area contributed by atoms with Gasteiger partial charge < -0.3 is 4.74 Å². The van der Waals surface area contributed by atoms with Gasteiger partial charge in [0.2, 0.25) is 0 Å². The summed E-state index contributed by atoms with van der Waals surface area (Å²) < 4.78 is 5.53. The zero-order valence-corrected chi connectivity index (χ0v) is 11.4. The van der Waals surface area contributed by atoms with Crippen molar-refractivity contribution >= 4 is 11.5 Å². The first-order valence-electron chi connectivity index (χ1n) is 6.68. The standard InChI is InChI=1S/C14H18N2O4/c1-11-9-15(7-2-8-20-11)10-14(17)12-3-5-13(6-4-12)16(18)19/h3-6,11H,2,7-10H2,1H3. The average molecular weight is 278 g/mol. The van der Waals surface area contributed by atoms with E-state index in [2.05, 4.69) is 4.90 Å². The van der Waals surface area contributed by atoms with Crippen LogP contribution in [-0.4, -0.2) is 48.0 Å². The van der Waals surface area contributed by atoms with Crippen LogP contribution in [0, 0.1) is 10.1 Å². The molecule has 0 aliphatic carbocycles. The third-order valence-electron chi connectivity index (χ3n) is 3.30. The van der Waals surface area contributed by atoms with E-state index in [9.17, 15) is 14.9 Å². The lowest BCUT2D eigenvalue weighted by Crippen LogP contribution is -2.34. The molecule has 0 radical (unpaired) electrons. The minimum atomic E-state index is -0.470. The summed E-state index contributed by atoms with van der Waals surface area (Å²) in [4.78, 5) is 24.3. The first-order chi connectivity index (χ1) is 9.56. The number of rotatable bonds is 4. The summed E-state index contributed by atoms with van der Waals surface area (Å²) in [6, 6.07) is 5.75. The fourth-order valence-electron chi connectivity index (χ4n) is 2.29. The molecule has 0 bridgehead atoms. The second-order valence-corrected chi connectivity index (χ2v) is 5.00. The van der Waals surface area contributed by atoms with Crippen molar-refractivity contribution in [1.82, 2.24) is 4.90 Å². The van der Waals surface area contributed by atoms with Gasteiger partial charge in [-0.1, -0.05) is 0 Å². The predicted octanol–water partition coefficient (Wildman–Crippen LogP) is 1.89. The lowest BCUT2D eigenvalue weighted by Gasteiger charge is -2.20. The van der Waals surface area contributed by atoms with E-state index in [4.69, 9.17) is 4.74 Å². The summed E-state index contributed by atoms with van der Waals surface area (Å²) in [6.07, 6.45) is 1.04. The third-order valence-corrected chi connectivity index (χ3v) is 3.30. The molecule has 1 atom stereocenters. The van der Waals surface area contributed by atoms with Gasteiger partial charge in [-0.25, -0.2) is 0 Å². The van der Waals surface area contributed by atoms with E-state index in [0.29, 0.717) is 12.1 Å². The molecule has 1 fully saturated rings. The Hall–Kier alpha value is -1.79. The van der Waals surface area contributed by atoms with E-state index in [1.54, 1.807) is 0 Å². The van der Waals surface area contributed by atoms with E-state index < -0.39 is 4.92 Å². The Kier molecular flexibility index (Phi) is 4.81. The van der Waals surface area contributed by atoms with E-state index >= 15 is 0 Å². The number of hydrogen-bond acceptors (Lipinski definition) is 5. The number of carbonyl (C=O) groups is 1. The molecule has 1 heterocycles. The Bertz CT molecular complexity index is 486. The minimum Gasteiger partial charge on any atom is -0.377 e. The number of nitro benzene ring substituents is 1. The molecular formula is C14H18N2O4. The first kappa shape index (κ1) is 14.6. The van der Waals surface area contributed by atoms with Crippen LogP contribution in [-0.2, 0) is 4.74 Å². The molecule has 108 valence electrons. The highest BCUT2D eigenvalue weighted by Crippen LogP contribution is 2.13. The molecule has 0 N–H and O–H groups in total. The fourth-order valence-corrected chi connectivity index (χ4v) is 2.29. The molecule has 1 aromatic carbocycles. The molecule has 6 heteroatoms. The molecule has 0 saturated carbocycles. The van der Waals surface area contributed by atoms with Crippen molar-refractivity contribution in [3.05, 3.63) is 39.9 Å². The van der Waals surface area contributed by atoms with Gasteiger partial charge in [0.1, 0.15) is 0 Å². The van der Waals surface area contributed by atoms with Gasteiger partial charge in [0.15, 0.2) is 5.78 Å². The van der Waals surface area contributed by atoms with Crippen LogP contribution in [0.4, 0.5) is 5.69 Å². The molecule has 0 aromatic heterocycles. The van der Waals surface area contributed by atoms with Gasteiger partial charge in [0.25, 0.3) is 5.69 Å². The summed E-state index contributed by atoms with van der Waals surface area (Å²) >= 11 is 0. The molecule has 1 saturated heterocycles. The van der Waals surface area contributed by atoms with Gasteiger partial charge in [-0.3, -0.25) is 19.8 Å². The molecule has 2 rings (SSSR count). The summed E-state index contributed by atoms with van der Waals surface area (Å²) in [7, 11) is 0. The van der Waals surface area contributed by atoms with Crippen molar-refractivity contribution in [2.24, 2.45) is 0 Å². The van der Waals surface area contributed by atoms with Gasteiger partial charge >= 0.3 is 0 Å². The zero-order chi connectivity index (χ0) is 14.5. The second kappa shape index (κ2) is 6.58. The Balaban J connectivity index is 1.98. The van der Waals surface area contributed by atoms with Crippen molar-refractivity contribution in [3.8, 4) is 0 Å². The Morgan fingerprint density at radius 2 is 2.15 bits per heavy atom. The van der Waals surface area contributed by atoms with Crippen LogP contribution in [0.25, 0.3) is 0 Å². The van der Waals surface area contributed by atoms with Gasteiger partial charge in [0, 0.05) is 37.4 Å². The van der Waals surface area contributed by atoms with Crippen LogP contribution >= 0.6 is 0 Å². The van der Waals surface area contributed by atoms with Crippen LogP contribution in [0.3, 0.4) is 0 Å². The molecule has 0 amide bonds. The van der Waals surface area contributed by atoms with Crippen molar-refractivity contribution in [3.63, 3.8) is 0 Å². The van der Waals surface area contributed by atoms with E-state index in [1.807, 2.05) is 6.92 Å². The number of nitrogens with zero attached hydrogens (tertiary/aromatic N) is 2. The Morgan fingerprint density at radius 3 is 2.80 bits per heavy atom. The monoisotopic (exact) mass is 278 g/mol. The summed E-state index contributed by atoms with van der Waals surface area (Å²) in [6.45, 7) is 4.62. The smallest absolute Gasteiger partial charge is 0.269 e. The number of ketones is 1. The Morgan fingerprint density at radius 1 is 1.45 bits per heavy atom. The van der Waals surface area contributed by atoms with Gasteiger partial charge in [-0.05, 0) is 25.5 Å². The molecule has 1 unspecified atom stereocenters. The number of non-ortho nitro benzene ring substituents is 1. The number of benzene rings is 1. The minimum absolute atomic E-state index is 0.00153. The number of Topliss-reactive ketones (excluding diaryl/α,β-unsaturated/α-hetero) is 1. The lowest BCUT2D eigenvalue weighted by molar-refractivity contribution is -0.384. The molecule has 1 aliphatic rings. The van der Waals surface area contributed by atoms with E-state index in [-0.39, 0.29) is 17.6 Å². The highest BCUT2D eigenvalue weighted by atomic mass is 16.6. The fraction of sp³-hybridized carbons (Fsp3) is 0.500. The average Bonchev–Trinajstić information content (AvgIpc) is 2.63. The van der Waals surface area contributed by atoms with Gasteiger partial charge in [0.05, 0.1) is 17.6 Å². The predicted molar refractivity (Wildman–Crippen MR) is 73.9 cm³/mol. The van der Waals surface area contributed by atoms with Crippen molar-refractivity contribution in [2.75, 3.05) is 26.2 Å². The van der Waals surface area contributed by atoms with Crippen LogP contribution in [0.2, 0.25) is 0 Å². The zero-order valence-electron chi connectivity index (χ0n) is 11.4. The number of ether oxygens (including phenoxy) is 1. The normalized spacial score (nSPS) is 20.4. The van der Waals surface area contributed by atoms with Gasteiger partial charge in [-0.2, -0.15) is 0 Å². The van der Waals surface area contributed by atoms with E-state index in [1.165, 1.54) is 24.3 Å². The molecule has 0 spiro atoms. The van der Waals surface area contributed by atoms with Gasteiger partial charge in [-0.15, -0.1) is 0 Å². The summed E-state index contributed by atoms with van der Waals surface area (Å²) in [5, 5.41) is 10.6. The lowest BCUT2D eigenvalue weighted by atomic mass is 10.1. The maximum Gasteiger partial charge on any atom is 0.269 e. The largest absolute Gasteiger partial charge is 0.377 e. The van der Waals surface area contributed by atoms with Crippen molar-refractivity contribution < 1.29 is 14.5 Å². The summed E-state index contributed by atoms with van der Waals surface area (Å²) in [5.74, 6) is -0.0194. The van der Waals surface area contributed by atoms with Crippen LogP contribution < -0.4 is 0 Å². The molecular weight excluding hydrogens is 260 g/mol. The number of hydrogen-bond donors (Lipinski definition) is 0. The van der Waals surface area contributed by atoms with Crippen molar-refractivity contribution in [1.29, 1.82) is 0 Å². The molecule has 6 nitrogen and oxygen atoms in total. The summed E-state index contributed by atoms with van der Waals surface area (Å²) in [5.41, 5.74) is 0.506. The topological polar surface area (TPSA) is 72.7 Å². The molecule has 20 heavy (non-hydrogen) atoms. The number of carbonyl (C=O) groups excluding carboxylic acids is 1. The highest BCUT2D eigenvalue weighted by molar-refractivity contribution is 5.97. The second-order valence-electron chi connectivity index (χ2n) is 5.00. The van der Waals surface area contributed by atoms with Crippen molar-refractivity contribution in [2.45, 2.75) is 19.4 Å². The Labute approximate surface area is 117 Å². The quantitative estimate of drug-likeness (QED) is 0.477. The van der Waals surface area contributed by atoms with Crippen LogP contribution in [0.15, 0.2) is 24.3 Å². The van der Waals surface area contributed by atoms with Crippen LogP contribution in [0.5, 0.6) is 0 Å². The SMILES string of the molecule is CC1CN(CC(=O)c2ccc([N+](=O)[O-])cc2)CCCO1. The highest BCUT2D eigenvalue weighted by Gasteiger charge is 2.18. The number of nitro groups is 1. The molecule has 1 aliphatic heterocycles. The maximum atomic E-state index is 12.2. The third kappa shape index (κ3) is 3.85. The first-order valence-corrected chi connectivity index (χ1v) is 6.68.